The van der Waals surface area contributed by atoms with Gasteiger partial charge in [0, 0.05) is 26.5 Å². The number of hydrogen-bond acceptors (Lipinski definition) is 3. The van der Waals surface area contributed by atoms with Crippen molar-refractivity contribution in [3.05, 3.63) is 23.7 Å². The zero-order chi connectivity index (χ0) is 12.8. The summed E-state index contributed by atoms with van der Waals surface area (Å²) < 4.78 is 39.0. The van der Waals surface area contributed by atoms with Gasteiger partial charge in [0.25, 0.3) is 0 Å². The molecular weight excluding hydrogens is 233 g/mol. The summed E-state index contributed by atoms with van der Waals surface area (Å²) in [5, 5.41) is 0. The molecule has 0 aliphatic carbocycles. The van der Waals surface area contributed by atoms with Gasteiger partial charge in [-0.2, -0.15) is 13.2 Å². The maximum Gasteiger partial charge on any atom is 0.419 e. The van der Waals surface area contributed by atoms with Crippen LogP contribution in [0.4, 0.5) is 19.0 Å². The standard InChI is InChI=1S/C10H11F3N4/c1-6-8(16(2)3)17-5-7(10(11,12)13)4-14-9(17)15-6/h4-5H,1-3H3. The van der Waals surface area contributed by atoms with Crippen LogP contribution in [0.3, 0.4) is 0 Å². The van der Waals surface area contributed by atoms with Crippen LogP contribution < -0.4 is 4.90 Å². The fraction of sp³-hybridized carbons (Fsp3) is 0.400. The lowest BCUT2D eigenvalue weighted by Crippen LogP contribution is -2.14. The molecule has 92 valence electrons. The highest BCUT2D eigenvalue weighted by Crippen LogP contribution is 2.30. The Morgan fingerprint density at radius 3 is 2.47 bits per heavy atom. The maximum absolute atomic E-state index is 12.6. The average Bonchev–Trinajstić information content (AvgIpc) is 2.50. The summed E-state index contributed by atoms with van der Waals surface area (Å²) in [6.45, 7) is 1.73. The van der Waals surface area contributed by atoms with Gasteiger partial charge in [-0.15, -0.1) is 0 Å². The molecule has 0 saturated carbocycles. The van der Waals surface area contributed by atoms with Gasteiger partial charge in [-0.1, -0.05) is 0 Å². The topological polar surface area (TPSA) is 33.4 Å². The molecule has 4 nitrogen and oxygen atoms in total. The van der Waals surface area contributed by atoms with Gasteiger partial charge in [-0.3, -0.25) is 4.40 Å². The summed E-state index contributed by atoms with van der Waals surface area (Å²) in [6, 6.07) is 0. The van der Waals surface area contributed by atoms with Crippen molar-refractivity contribution in [2.75, 3.05) is 19.0 Å². The van der Waals surface area contributed by atoms with Gasteiger partial charge < -0.3 is 4.90 Å². The van der Waals surface area contributed by atoms with Crippen molar-refractivity contribution in [3.8, 4) is 0 Å². The number of anilines is 1. The predicted molar refractivity (Wildman–Crippen MR) is 57.1 cm³/mol. The number of nitrogens with zero attached hydrogens (tertiary/aromatic N) is 4. The van der Waals surface area contributed by atoms with Crippen LogP contribution in [0.1, 0.15) is 11.3 Å². The third kappa shape index (κ3) is 1.92. The van der Waals surface area contributed by atoms with E-state index in [2.05, 4.69) is 9.97 Å². The molecule has 2 rings (SSSR count). The monoisotopic (exact) mass is 244 g/mol. The number of aromatic nitrogens is 3. The Hall–Kier alpha value is -1.79. The van der Waals surface area contributed by atoms with E-state index in [1.54, 1.807) is 25.9 Å². The van der Waals surface area contributed by atoms with Crippen LogP contribution in [-0.2, 0) is 6.18 Å². The van der Waals surface area contributed by atoms with Gasteiger partial charge in [-0.25, -0.2) is 9.97 Å². The molecule has 0 unspecified atom stereocenters. The summed E-state index contributed by atoms with van der Waals surface area (Å²) in [5.74, 6) is 0.859. The van der Waals surface area contributed by atoms with Crippen molar-refractivity contribution in [1.29, 1.82) is 0 Å². The number of imidazole rings is 1. The van der Waals surface area contributed by atoms with Crippen LogP contribution in [0.15, 0.2) is 12.4 Å². The number of halogens is 3. The first-order chi connectivity index (χ1) is 7.80. The van der Waals surface area contributed by atoms with Gasteiger partial charge in [0.2, 0.25) is 5.78 Å². The van der Waals surface area contributed by atoms with Crippen molar-refractivity contribution in [3.63, 3.8) is 0 Å². The van der Waals surface area contributed by atoms with Gasteiger partial charge in [0.1, 0.15) is 5.82 Å². The van der Waals surface area contributed by atoms with Crippen molar-refractivity contribution in [2.45, 2.75) is 13.1 Å². The van der Waals surface area contributed by atoms with Crippen molar-refractivity contribution in [2.24, 2.45) is 0 Å². The van der Waals surface area contributed by atoms with Crippen LogP contribution in [0.5, 0.6) is 0 Å². The van der Waals surface area contributed by atoms with E-state index in [-0.39, 0.29) is 5.78 Å². The first kappa shape index (κ1) is 11.7. The van der Waals surface area contributed by atoms with Crippen LogP contribution in [0.25, 0.3) is 5.78 Å². The first-order valence-corrected chi connectivity index (χ1v) is 4.90. The van der Waals surface area contributed by atoms with Crippen molar-refractivity contribution < 1.29 is 13.2 Å². The number of rotatable bonds is 1. The van der Waals surface area contributed by atoms with Gasteiger partial charge in [-0.05, 0) is 6.92 Å². The Morgan fingerprint density at radius 1 is 1.29 bits per heavy atom. The Bertz CT molecular complexity index is 556. The molecule has 2 aromatic heterocycles. The molecule has 0 amide bonds. The maximum atomic E-state index is 12.6. The van der Waals surface area contributed by atoms with Crippen LogP contribution >= 0.6 is 0 Å². The summed E-state index contributed by atoms with van der Waals surface area (Å²) in [4.78, 5) is 9.52. The third-order valence-corrected chi connectivity index (χ3v) is 2.37. The molecule has 0 N–H and O–H groups in total. The minimum absolute atomic E-state index is 0.263. The molecule has 17 heavy (non-hydrogen) atoms. The number of hydrogen-bond donors (Lipinski definition) is 0. The highest BCUT2D eigenvalue weighted by Gasteiger charge is 2.32. The Balaban J connectivity index is 2.71. The summed E-state index contributed by atoms with van der Waals surface area (Å²) >= 11 is 0. The largest absolute Gasteiger partial charge is 0.419 e. The second kappa shape index (κ2) is 3.61. The van der Waals surface area contributed by atoms with E-state index < -0.39 is 11.7 Å². The number of fused-ring (bicyclic) bond motifs is 1. The summed E-state index contributed by atoms with van der Waals surface area (Å²) in [7, 11) is 3.49. The number of aryl methyl sites for hydroxylation is 1. The fourth-order valence-electron chi connectivity index (χ4n) is 1.72. The molecule has 0 aliphatic rings. The van der Waals surface area contributed by atoms with E-state index in [0.717, 1.165) is 12.4 Å². The van der Waals surface area contributed by atoms with Crippen LogP contribution in [0, 0.1) is 6.92 Å². The third-order valence-electron chi connectivity index (χ3n) is 2.37. The lowest BCUT2D eigenvalue weighted by molar-refractivity contribution is -0.138. The van der Waals surface area contributed by atoms with Crippen LogP contribution in [-0.4, -0.2) is 28.5 Å². The Labute approximate surface area is 95.7 Å². The number of alkyl halides is 3. The summed E-state index contributed by atoms with van der Waals surface area (Å²) in [5.41, 5.74) is -0.146. The normalized spacial score (nSPS) is 12.1. The minimum Gasteiger partial charge on any atom is -0.362 e. The predicted octanol–water partition coefficient (Wildman–Crippen LogP) is 2.12. The van der Waals surface area contributed by atoms with Crippen molar-refractivity contribution in [1.82, 2.24) is 14.4 Å². The van der Waals surface area contributed by atoms with Crippen LogP contribution in [0.2, 0.25) is 0 Å². The average molecular weight is 244 g/mol. The molecule has 0 aliphatic heterocycles. The van der Waals surface area contributed by atoms with E-state index >= 15 is 0 Å². The quantitative estimate of drug-likeness (QED) is 0.770. The molecule has 2 heterocycles. The zero-order valence-electron chi connectivity index (χ0n) is 9.58. The van der Waals surface area contributed by atoms with E-state index in [9.17, 15) is 13.2 Å². The molecule has 0 bridgehead atoms. The molecule has 2 aromatic rings. The second-order valence-corrected chi connectivity index (χ2v) is 3.93. The Kier molecular flexibility index (Phi) is 2.48. The van der Waals surface area contributed by atoms with Gasteiger partial charge in [0.15, 0.2) is 0 Å². The molecule has 0 fully saturated rings. The van der Waals surface area contributed by atoms with Gasteiger partial charge in [0.05, 0.1) is 11.3 Å². The highest BCUT2D eigenvalue weighted by atomic mass is 19.4. The SMILES string of the molecule is Cc1nc2ncc(C(F)(F)F)cn2c1N(C)C. The summed E-state index contributed by atoms with van der Waals surface area (Å²) in [6.07, 6.45) is -2.60. The minimum atomic E-state index is -4.40. The van der Waals surface area contributed by atoms with E-state index in [4.69, 9.17) is 0 Å². The molecule has 7 heteroatoms. The molecular formula is C10H11F3N4. The molecule has 0 spiro atoms. The first-order valence-electron chi connectivity index (χ1n) is 4.90. The lowest BCUT2D eigenvalue weighted by atomic mass is 10.3. The van der Waals surface area contributed by atoms with E-state index in [0.29, 0.717) is 11.5 Å². The van der Waals surface area contributed by atoms with E-state index in [1.807, 2.05) is 0 Å². The van der Waals surface area contributed by atoms with Crippen molar-refractivity contribution >= 4 is 11.6 Å². The molecule has 0 radical (unpaired) electrons. The molecule has 0 aromatic carbocycles. The van der Waals surface area contributed by atoms with Gasteiger partial charge >= 0.3 is 6.18 Å². The lowest BCUT2D eigenvalue weighted by Gasteiger charge is -2.13. The second-order valence-electron chi connectivity index (χ2n) is 3.93. The van der Waals surface area contributed by atoms with E-state index in [1.165, 1.54) is 4.40 Å². The highest BCUT2D eigenvalue weighted by molar-refractivity contribution is 5.52. The Morgan fingerprint density at radius 2 is 1.94 bits per heavy atom. The smallest absolute Gasteiger partial charge is 0.362 e. The molecule has 0 atom stereocenters. The zero-order valence-corrected chi connectivity index (χ0v) is 9.58. The molecule has 0 saturated heterocycles. The fourth-order valence-corrected chi connectivity index (χ4v) is 1.72.